The van der Waals surface area contributed by atoms with Crippen LogP contribution < -0.4 is 14.2 Å². The topological polar surface area (TPSA) is 72.7 Å². The Morgan fingerprint density at radius 3 is 2.37 bits per heavy atom. The van der Waals surface area contributed by atoms with Crippen LogP contribution in [0.2, 0.25) is 0 Å². The number of rotatable bonds is 8. The molecule has 0 radical (unpaired) electrons. The van der Waals surface area contributed by atoms with Gasteiger partial charge < -0.3 is 14.2 Å². The van der Waals surface area contributed by atoms with Gasteiger partial charge in [0.1, 0.15) is 17.2 Å². The number of amidine groups is 1. The van der Waals surface area contributed by atoms with Gasteiger partial charge in [-0.25, -0.2) is 0 Å². The van der Waals surface area contributed by atoms with Crippen LogP contribution in [-0.4, -0.2) is 48.8 Å². The molecule has 0 N–H and O–H groups in total. The van der Waals surface area contributed by atoms with Crippen molar-refractivity contribution in [2.75, 3.05) is 21.3 Å². The molecular formula is C22H25N3O4S. The lowest BCUT2D eigenvalue weighted by molar-refractivity contribution is -0.126. The summed E-state index contributed by atoms with van der Waals surface area (Å²) in [6, 6.07) is 13.1. The van der Waals surface area contributed by atoms with Gasteiger partial charge in [-0.1, -0.05) is 30.8 Å². The summed E-state index contributed by atoms with van der Waals surface area (Å²) >= 11 is 1.44. The van der Waals surface area contributed by atoms with Gasteiger partial charge in [0.05, 0.1) is 39.3 Å². The van der Waals surface area contributed by atoms with Crippen LogP contribution in [0.1, 0.15) is 24.5 Å². The Kier molecular flexibility index (Phi) is 7.35. The summed E-state index contributed by atoms with van der Waals surface area (Å²) in [6.07, 6.45) is 2.35. The van der Waals surface area contributed by atoms with E-state index in [2.05, 4.69) is 10.2 Å². The number of methoxy groups -OCH3 is 3. The van der Waals surface area contributed by atoms with Crippen LogP contribution in [0.5, 0.6) is 17.2 Å². The summed E-state index contributed by atoms with van der Waals surface area (Å²) in [6.45, 7) is 2.43. The van der Waals surface area contributed by atoms with E-state index in [0.29, 0.717) is 23.2 Å². The van der Waals surface area contributed by atoms with Gasteiger partial charge in [0.2, 0.25) is 5.91 Å². The molecule has 1 atom stereocenters. The highest BCUT2D eigenvalue weighted by molar-refractivity contribution is 8.15. The minimum absolute atomic E-state index is 0.0503. The smallest absolute Gasteiger partial charge is 0.242 e. The molecule has 0 saturated carbocycles. The number of carbonyl (C=O) groups is 1. The van der Waals surface area contributed by atoms with E-state index in [1.165, 1.54) is 11.8 Å². The maximum absolute atomic E-state index is 12.8. The highest BCUT2D eigenvalue weighted by atomic mass is 32.2. The van der Waals surface area contributed by atoms with Crippen LogP contribution in [0, 0.1) is 0 Å². The molecule has 0 aliphatic carbocycles. The number of amides is 1. The van der Waals surface area contributed by atoms with Gasteiger partial charge in [-0.15, -0.1) is 5.10 Å². The fourth-order valence-corrected chi connectivity index (χ4v) is 3.99. The van der Waals surface area contributed by atoms with E-state index >= 15 is 0 Å². The molecule has 1 heterocycles. The van der Waals surface area contributed by atoms with Crippen LogP contribution in [0.4, 0.5) is 0 Å². The number of ether oxygens (including phenoxy) is 3. The lowest BCUT2D eigenvalue weighted by atomic mass is 10.2. The number of hydrogen-bond donors (Lipinski definition) is 0. The van der Waals surface area contributed by atoms with Crippen LogP contribution in [0.3, 0.4) is 0 Å². The number of hydrogen-bond acceptors (Lipinski definition) is 7. The van der Waals surface area contributed by atoms with Crippen molar-refractivity contribution in [2.45, 2.75) is 25.1 Å². The fourth-order valence-electron chi connectivity index (χ4n) is 2.97. The third-order valence-corrected chi connectivity index (χ3v) is 6.00. The van der Waals surface area contributed by atoms with E-state index in [1.54, 1.807) is 38.5 Å². The van der Waals surface area contributed by atoms with Crippen molar-refractivity contribution in [1.82, 2.24) is 4.90 Å². The maximum Gasteiger partial charge on any atom is 0.242 e. The van der Waals surface area contributed by atoms with Gasteiger partial charge in [0, 0.05) is 11.6 Å². The molecule has 7 nitrogen and oxygen atoms in total. The third-order valence-electron chi connectivity index (χ3n) is 4.67. The van der Waals surface area contributed by atoms with E-state index in [0.717, 1.165) is 23.3 Å². The molecule has 1 saturated heterocycles. The lowest BCUT2D eigenvalue weighted by Gasteiger charge is -2.16. The van der Waals surface area contributed by atoms with Crippen molar-refractivity contribution < 1.29 is 19.0 Å². The number of nitrogens with zero attached hydrogens (tertiary/aromatic N) is 3. The second-order valence-corrected chi connectivity index (χ2v) is 7.69. The molecule has 0 aromatic heterocycles. The monoisotopic (exact) mass is 427 g/mol. The van der Waals surface area contributed by atoms with Gasteiger partial charge in [-0.2, -0.15) is 5.10 Å². The molecule has 1 aliphatic rings. The quantitative estimate of drug-likeness (QED) is 0.471. The van der Waals surface area contributed by atoms with Crippen molar-refractivity contribution >= 4 is 29.1 Å². The van der Waals surface area contributed by atoms with Crippen molar-refractivity contribution in [3.8, 4) is 17.2 Å². The summed E-state index contributed by atoms with van der Waals surface area (Å²) in [5.74, 6) is 2.16. The summed E-state index contributed by atoms with van der Waals surface area (Å²) in [4.78, 5) is 14.5. The van der Waals surface area contributed by atoms with Crippen molar-refractivity contribution in [1.29, 1.82) is 0 Å². The molecule has 1 amide bonds. The van der Waals surface area contributed by atoms with E-state index in [1.807, 2.05) is 43.3 Å². The Morgan fingerprint density at radius 1 is 1.03 bits per heavy atom. The molecule has 158 valence electrons. The molecular weight excluding hydrogens is 402 g/mol. The summed E-state index contributed by atoms with van der Waals surface area (Å²) in [7, 11) is 4.82. The number of benzene rings is 2. The molecule has 2 aromatic carbocycles. The van der Waals surface area contributed by atoms with Gasteiger partial charge in [-0.3, -0.25) is 9.69 Å². The maximum atomic E-state index is 12.8. The van der Waals surface area contributed by atoms with E-state index in [9.17, 15) is 4.79 Å². The Morgan fingerprint density at radius 2 is 1.73 bits per heavy atom. The molecule has 0 spiro atoms. The van der Waals surface area contributed by atoms with Crippen LogP contribution in [0.25, 0.3) is 0 Å². The Hall–Kier alpha value is -3.00. The van der Waals surface area contributed by atoms with Gasteiger partial charge in [-0.05, 0) is 36.2 Å². The zero-order valence-corrected chi connectivity index (χ0v) is 18.3. The second kappa shape index (κ2) is 10.2. The average Bonchev–Trinajstić information content (AvgIpc) is 3.09. The van der Waals surface area contributed by atoms with Crippen molar-refractivity contribution in [3.05, 3.63) is 53.6 Å². The van der Waals surface area contributed by atoms with Crippen molar-refractivity contribution in [3.63, 3.8) is 0 Å². The number of carbonyl (C=O) groups excluding carboxylic acids is 1. The lowest BCUT2D eigenvalue weighted by Crippen LogP contribution is -2.31. The first-order chi connectivity index (χ1) is 14.6. The van der Waals surface area contributed by atoms with Gasteiger partial charge in [0.25, 0.3) is 0 Å². The molecule has 1 aliphatic heterocycles. The Labute approximate surface area is 180 Å². The highest BCUT2D eigenvalue weighted by Crippen LogP contribution is 2.31. The predicted molar refractivity (Wildman–Crippen MR) is 120 cm³/mol. The summed E-state index contributed by atoms with van der Waals surface area (Å²) in [5.41, 5.74) is 1.76. The Bertz CT molecular complexity index is 944. The molecule has 3 rings (SSSR count). The van der Waals surface area contributed by atoms with Crippen LogP contribution >= 0.6 is 11.8 Å². The zero-order chi connectivity index (χ0) is 21.5. The second-order valence-electron chi connectivity index (χ2n) is 6.52. The fraction of sp³-hybridized carbons (Fsp3) is 0.318. The SMILES string of the molecule is CC[C@@H]1S/C(=N\N=C/c2ccc(OC)cc2OC)N(Cc2ccc(OC)cc2)C1=O. The average molecular weight is 428 g/mol. The largest absolute Gasteiger partial charge is 0.497 e. The first kappa shape index (κ1) is 21.7. The van der Waals surface area contributed by atoms with Crippen molar-refractivity contribution in [2.24, 2.45) is 10.2 Å². The molecule has 0 unspecified atom stereocenters. The third kappa shape index (κ3) is 4.94. The number of thioether (sulfide) groups is 1. The van der Waals surface area contributed by atoms with Crippen LogP contribution in [-0.2, 0) is 11.3 Å². The molecule has 2 aromatic rings. The highest BCUT2D eigenvalue weighted by Gasteiger charge is 2.36. The van der Waals surface area contributed by atoms with Gasteiger partial charge in [0.15, 0.2) is 5.17 Å². The predicted octanol–water partition coefficient (Wildman–Crippen LogP) is 3.96. The van der Waals surface area contributed by atoms with E-state index < -0.39 is 0 Å². The first-order valence-electron chi connectivity index (χ1n) is 9.53. The molecule has 0 bridgehead atoms. The van der Waals surface area contributed by atoms with E-state index in [4.69, 9.17) is 14.2 Å². The standard InChI is InChI=1S/C22H25N3O4S/c1-5-20-21(26)25(14-15-6-9-17(27-2)10-7-15)22(30-20)24-23-13-16-8-11-18(28-3)12-19(16)29-4/h6-13,20H,5,14H2,1-4H3/b23-13-,24-22-/t20-/m0/s1. The normalized spacial score (nSPS) is 17.7. The Balaban J connectivity index is 1.81. The molecule has 30 heavy (non-hydrogen) atoms. The molecule has 8 heteroatoms. The minimum Gasteiger partial charge on any atom is -0.497 e. The minimum atomic E-state index is -0.146. The van der Waals surface area contributed by atoms with E-state index in [-0.39, 0.29) is 11.2 Å². The van der Waals surface area contributed by atoms with Gasteiger partial charge >= 0.3 is 0 Å². The first-order valence-corrected chi connectivity index (χ1v) is 10.4. The molecule has 1 fully saturated rings. The van der Waals surface area contributed by atoms with Crippen LogP contribution in [0.15, 0.2) is 52.7 Å². The summed E-state index contributed by atoms with van der Waals surface area (Å²) < 4.78 is 15.8. The summed E-state index contributed by atoms with van der Waals surface area (Å²) in [5, 5.41) is 9.00. The zero-order valence-electron chi connectivity index (χ0n) is 17.5.